The molecule has 2 aromatic carbocycles. The van der Waals surface area contributed by atoms with E-state index in [1.54, 1.807) is 0 Å². The quantitative estimate of drug-likeness (QED) is 0.856. The van der Waals surface area contributed by atoms with Crippen LogP contribution in [0.4, 0.5) is 0 Å². The van der Waals surface area contributed by atoms with Crippen molar-refractivity contribution in [2.75, 3.05) is 0 Å². The molecule has 2 atom stereocenters. The maximum Gasteiger partial charge on any atom is 0.307 e. The van der Waals surface area contributed by atoms with Crippen molar-refractivity contribution >= 4 is 11.5 Å². The highest BCUT2D eigenvalue weighted by atomic mass is 16.4. The zero-order chi connectivity index (χ0) is 14.7. The van der Waals surface area contributed by atoms with Gasteiger partial charge in [0, 0.05) is 11.5 Å². The Hall–Kier alpha value is -2.57. The summed E-state index contributed by atoms with van der Waals surface area (Å²) in [5.41, 5.74) is 6.34. The van der Waals surface area contributed by atoms with Gasteiger partial charge in [-0.2, -0.15) is 0 Å². The number of rotatable bonds is 3. The fourth-order valence-electron chi connectivity index (χ4n) is 2.80. The Morgan fingerprint density at radius 3 is 2.24 bits per heavy atom. The van der Waals surface area contributed by atoms with Gasteiger partial charge in [0.1, 0.15) is 0 Å². The minimum Gasteiger partial charge on any atom is -0.481 e. The molecule has 0 radical (unpaired) electrons. The van der Waals surface area contributed by atoms with E-state index in [1.807, 2.05) is 66.7 Å². The molecule has 1 N–H and O–H groups in total. The van der Waals surface area contributed by atoms with Crippen molar-refractivity contribution in [1.29, 1.82) is 0 Å². The van der Waals surface area contributed by atoms with Gasteiger partial charge in [0.2, 0.25) is 0 Å². The van der Waals surface area contributed by atoms with E-state index in [0.717, 1.165) is 16.7 Å². The molecule has 21 heavy (non-hydrogen) atoms. The van der Waals surface area contributed by atoms with E-state index in [0.29, 0.717) is 6.42 Å². The Morgan fingerprint density at radius 1 is 1.00 bits per heavy atom. The number of hydrogen-bond donors (Lipinski definition) is 1. The predicted molar refractivity (Wildman–Crippen MR) is 82.9 cm³/mol. The van der Waals surface area contributed by atoms with Crippen LogP contribution in [0.25, 0.3) is 5.57 Å². The molecule has 0 heterocycles. The first-order valence-electron chi connectivity index (χ1n) is 7.04. The molecule has 0 amide bonds. The van der Waals surface area contributed by atoms with Gasteiger partial charge in [0.05, 0.1) is 5.92 Å². The van der Waals surface area contributed by atoms with Gasteiger partial charge in [-0.25, -0.2) is 0 Å². The molecule has 0 saturated heterocycles. The number of carboxylic acids is 1. The normalized spacial score (nSPS) is 20.9. The van der Waals surface area contributed by atoms with Gasteiger partial charge in [-0.3, -0.25) is 4.79 Å². The highest BCUT2D eigenvalue weighted by molar-refractivity contribution is 5.78. The summed E-state index contributed by atoms with van der Waals surface area (Å²) in [5, 5.41) is 9.57. The third-order valence-corrected chi connectivity index (χ3v) is 3.92. The van der Waals surface area contributed by atoms with Crippen LogP contribution in [-0.2, 0) is 4.79 Å². The van der Waals surface area contributed by atoms with Crippen molar-refractivity contribution in [1.82, 2.24) is 0 Å². The van der Waals surface area contributed by atoms with Crippen molar-refractivity contribution in [2.24, 2.45) is 5.92 Å². The summed E-state index contributed by atoms with van der Waals surface area (Å²) in [4.78, 5) is 11.7. The first-order chi connectivity index (χ1) is 10.3. The molecule has 2 unspecified atom stereocenters. The lowest BCUT2D eigenvalue weighted by molar-refractivity contribution is -0.142. The molecule has 1 aliphatic carbocycles. The molecular formula is C19H16O2. The summed E-state index contributed by atoms with van der Waals surface area (Å²) in [6, 6.07) is 19.7. The molecule has 0 aromatic heterocycles. The summed E-state index contributed by atoms with van der Waals surface area (Å²) in [5.74, 6) is -1.31. The fraction of sp³-hybridized carbons (Fsp3) is 0.158. The summed E-state index contributed by atoms with van der Waals surface area (Å²) >= 11 is 0. The van der Waals surface area contributed by atoms with Crippen LogP contribution in [0.5, 0.6) is 0 Å². The van der Waals surface area contributed by atoms with Crippen LogP contribution in [0.1, 0.15) is 23.5 Å². The lowest BCUT2D eigenvalue weighted by atomic mass is 9.78. The molecule has 104 valence electrons. The summed E-state index contributed by atoms with van der Waals surface area (Å²) < 4.78 is 0. The topological polar surface area (TPSA) is 37.3 Å². The fourth-order valence-corrected chi connectivity index (χ4v) is 2.80. The lowest BCUT2D eigenvalue weighted by Gasteiger charge is -2.24. The van der Waals surface area contributed by atoms with Crippen LogP contribution < -0.4 is 0 Å². The zero-order valence-corrected chi connectivity index (χ0v) is 11.6. The third kappa shape index (κ3) is 2.81. The van der Waals surface area contributed by atoms with E-state index in [4.69, 9.17) is 0 Å². The van der Waals surface area contributed by atoms with Gasteiger partial charge in [-0.15, -0.1) is 5.73 Å². The van der Waals surface area contributed by atoms with E-state index in [1.165, 1.54) is 0 Å². The summed E-state index contributed by atoms with van der Waals surface area (Å²) in [7, 11) is 0. The first-order valence-corrected chi connectivity index (χ1v) is 7.04. The van der Waals surface area contributed by atoms with E-state index in [9.17, 15) is 9.90 Å². The average molecular weight is 276 g/mol. The smallest absolute Gasteiger partial charge is 0.307 e. The highest BCUT2D eigenvalue weighted by Crippen LogP contribution is 2.36. The minimum atomic E-state index is -0.755. The monoisotopic (exact) mass is 276 g/mol. The Morgan fingerprint density at radius 2 is 1.62 bits per heavy atom. The maximum atomic E-state index is 11.7. The van der Waals surface area contributed by atoms with Gasteiger partial charge < -0.3 is 5.11 Å². The molecule has 3 rings (SSSR count). The molecule has 0 bridgehead atoms. The number of carboxylic acid groups (broad SMARTS) is 1. The van der Waals surface area contributed by atoms with Gasteiger partial charge in [0.25, 0.3) is 0 Å². The summed E-state index contributed by atoms with van der Waals surface area (Å²) in [6.07, 6.45) is 2.41. The van der Waals surface area contributed by atoms with Gasteiger partial charge in [0.15, 0.2) is 0 Å². The first kappa shape index (κ1) is 13.4. The largest absolute Gasteiger partial charge is 0.481 e. The molecule has 0 saturated carbocycles. The van der Waals surface area contributed by atoms with Gasteiger partial charge >= 0.3 is 5.97 Å². The minimum absolute atomic E-state index is 0.115. The average Bonchev–Trinajstić information content (AvgIpc) is 2.56. The highest BCUT2D eigenvalue weighted by Gasteiger charge is 2.31. The van der Waals surface area contributed by atoms with Gasteiger partial charge in [-0.05, 0) is 23.6 Å². The zero-order valence-electron chi connectivity index (χ0n) is 11.6. The lowest BCUT2D eigenvalue weighted by Crippen LogP contribution is -2.23. The number of hydrogen-bond acceptors (Lipinski definition) is 1. The van der Waals surface area contributed by atoms with Crippen molar-refractivity contribution in [2.45, 2.75) is 12.3 Å². The van der Waals surface area contributed by atoms with Crippen LogP contribution in [-0.4, -0.2) is 11.1 Å². The van der Waals surface area contributed by atoms with Crippen LogP contribution >= 0.6 is 0 Å². The van der Waals surface area contributed by atoms with E-state index >= 15 is 0 Å². The molecule has 0 spiro atoms. The van der Waals surface area contributed by atoms with E-state index < -0.39 is 11.9 Å². The van der Waals surface area contributed by atoms with Gasteiger partial charge in [-0.1, -0.05) is 60.7 Å². The van der Waals surface area contributed by atoms with E-state index in [2.05, 4.69) is 5.73 Å². The Kier molecular flexibility index (Phi) is 3.72. The second-order valence-corrected chi connectivity index (χ2v) is 5.24. The molecule has 2 nitrogen and oxygen atoms in total. The standard InChI is InChI=1S/C19H16O2/c20-19(21)18-13-16(14-7-3-1-4-8-14)11-12-17(18)15-9-5-2-6-10-15/h1-10,12,17-18H,13H2,(H,20,21). The molecule has 0 aliphatic heterocycles. The second-order valence-electron chi connectivity index (χ2n) is 5.24. The Bertz CT molecular complexity index is 695. The molecule has 2 heteroatoms. The molecule has 2 aromatic rings. The molecular weight excluding hydrogens is 260 g/mol. The van der Waals surface area contributed by atoms with Crippen LogP contribution in [0.3, 0.4) is 0 Å². The predicted octanol–water partition coefficient (Wildman–Crippen LogP) is 4.11. The second kappa shape index (κ2) is 5.82. The molecule has 1 aliphatic rings. The Balaban J connectivity index is 2.01. The number of benzene rings is 2. The van der Waals surface area contributed by atoms with Crippen molar-refractivity contribution in [3.05, 3.63) is 83.6 Å². The molecule has 0 fully saturated rings. The number of carbonyl (C=O) groups is 1. The maximum absolute atomic E-state index is 11.7. The van der Waals surface area contributed by atoms with Crippen molar-refractivity contribution in [3.8, 4) is 0 Å². The Labute approximate surface area is 124 Å². The van der Waals surface area contributed by atoms with Crippen LogP contribution in [0, 0.1) is 5.92 Å². The number of aliphatic carboxylic acids is 1. The van der Waals surface area contributed by atoms with Crippen molar-refractivity contribution in [3.63, 3.8) is 0 Å². The van der Waals surface area contributed by atoms with Crippen LogP contribution in [0.2, 0.25) is 0 Å². The van der Waals surface area contributed by atoms with E-state index in [-0.39, 0.29) is 5.92 Å². The summed E-state index contributed by atoms with van der Waals surface area (Å²) in [6.45, 7) is 0. The van der Waals surface area contributed by atoms with Crippen LogP contribution in [0.15, 0.2) is 72.5 Å². The SMILES string of the molecule is O=C(O)C1CC(c2ccccc2)=C=CC1c1ccccc1. The van der Waals surface area contributed by atoms with Crippen molar-refractivity contribution < 1.29 is 9.90 Å². The third-order valence-electron chi connectivity index (χ3n) is 3.92. The number of allylic oxidation sites excluding steroid dienone is 1.